The summed E-state index contributed by atoms with van der Waals surface area (Å²) >= 11 is 2.14. The van der Waals surface area contributed by atoms with Crippen LogP contribution in [0.3, 0.4) is 0 Å². The van der Waals surface area contributed by atoms with Gasteiger partial charge in [0.15, 0.2) is 11.5 Å². The van der Waals surface area contributed by atoms with Crippen LogP contribution in [-0.2, 0) is 6.54 Å². The highest BCUT2D eigenvalue weighted by Gasteiger charge is 2.18. The lowest BCUT2D eigenvalue weighted by atomic mass is 10.1. The predicted octanol–water partition coefficient (Wildman–Crippen LogP) is 3.58. The van der Waals surface area contributed by atoms with Crippen LogP contribution in [0.1, 0.15) is 15.9 Å². The molecule has 4 nitrogen and oxygen atoms in total. The van der Waals surface area contributed by atoms with Crippen molar-refractivity contribution in [3.05, 3.63) is 57.2 Å². The molecule has 0 fully saturated rings. The maximum absolute atomic E-state index is 12.7. The third-order valence-corrected chi connectivity index (χ3v) is 4.21. The molecule has 0 aromatic heterocycles. The van der Waals surface area contributed by atoms with E-state index in [4.69, 9.17) is 9.47 Å². The van der Waals surface area contributed by atoms with Crippen molar-refractivity contribution < 1.29 is 14.3 Å². The summed E-state index contributed by atoms with van der Waals surface area (Å²) < 4.78 is 11.4. The van der Waals surface area contributed by atoms with Gasteiger partial charge in [-0.3, -0.25) is 4.79 Å². The predicted molar refractivity (Wildman–Crippen MR) is 94.5 cm³/mol. The second-order valence-electron chi connectivity index (χ2n) is 4.83. The summed E-state index contributed by atoms with van der Waals surface area (Å²) in [4.78, 5) is 14.4. The number of hydrogen-bond acceptors (Lipinski definition) is 3. The molecule has 0 aliphatic heterocycles. The van der Waals surface area contributed by atoms with E-state index in [1.165, 1.54) is 0 Å². The largest absolute Gasteiger partial charge is 0.493 e. The van der Waals surface area contributed by atoms with E-state index in [0.29, 0.717) is 23.6 Å². The molecule has 22 heavy (non-hydrogen) atoms. The molecule has 0 aliphatic carbocycles. The van der Waals surface area contributed by atoms with Gasteiger partial charge >= 0.3 is 0 Å². The summed E-state index contributed by atoms with van der Waals surface area (Å²) in [5.41, 5.74) is 1.70. The fourth-order valence-electron chi connectivity index (χ4n) is 2.15. The summed E-state index contributed by atoms with van der Waals surface area (Å²) in [5.74, 6) is 1.13. The number of rotatable bonds is 5. The highest BCUT2D eigenvalue weighted by molar-refractivity contribution is 14.1. The smallest absolute Gasteiger partial charge is 0.255 e. The van der Waals surface area contributed by atoms with Crippen LogP contribution in [0.25, 0.3) is 0 Å². The Morgan fingerprint density at radius 2 is 1.68 bits per heavy atom. The number of ether oxygens (including phenoxy) is 2. The summed E-state index contributed by atoms with van der Waals surface area (Å²) in [7, 11) is 4.94. The van der Waals surface area contributed by atoms with Gasteiger partial charge in [-0.1, -0.05) is 30.3 Å². The zero-order valence-electron chi connectivity index (χ0n) is 12.8. The molecule has 0 spiro atoms. The third kappa shape index (κ3) is 3.71. The Hall–Kier alpha value is -1.76. The molecule has 1 amide bonds. The quantitative estimate of drug-likeness (QED) is 0.707. The van der Waals surface area contributed by atoms with E-state index in [0.717, 1.165) is 9.13 Å². The first-order valence-electron chi connectivity index (χ1n) is 6.77. The fraction of sp³-hybridized carbons (Fsp3) is 0.235. The highest BCUT2D eigenvalue weighted by atomic mass is 127. The lowest BCUT2D eigenvalue weighted by Gasteiger charge is -2.19. The van der Waals surface area contributed by atoms with Crippen molar-refractivity contribution in [3.63, 3.8) is 0 Å². The Labute approximate surface area is 144 Å². The summed E-state index contributed by atoms with van der Waals surface area (Å²) in [6.07, 6.45) is 0. The minimum absolute atomic E-state index is 0.0470. The molecule has 0 radical (unpaired) electrons. The van der Waals surface area contributed by atoms with Crippen LogP contribution in [0, 0.1) is 3.57 Å². The van der Waals surface area contributed by atoms with Crippen molar-refractivity contribution in [2.45, 2.75) is 6.54 Å². The zero-order chi connectivity index (χ0) is 16.1. The molecule has 116 valence electrons. The number of methoxy groups -OCH3 is 2. The first-order valence-corrected chi connectivity index (χ1v) is 7.85. The molecule has 2 rings (SSSR count). The summed E-state index contributed by atoms with van der Waals surface area (Å²) in [6, 6.07) is 13.4. The molecule has 0 aliphatic rings. The van der Waals surface area contributed by atoms with Crippen LogP contribution >= 0.6 is 22.6 Å². The van der Waals surface area contributed by atoms with Gasteiger partial charge in [-0.2, -0.15) is 0 Å². The van der Waals surface area contributed by atoms with Gasteiger partial charge < -0.3 is 14.4 Å². The first kappa shape index (κ1) is 16.6. The Morgan fingerprint density at radius 1 is 1.09 bits per heavy atom. The molecular weight excluding hydrogens is 393 g/mol. The number of carbonyl (C=O) groups is 1. The number of amides is 1. The van der Waals surface area contributed by atoms with E-state index in [1.807, 2.05) is 36.4 Å². The van der Waals surface area contributed by atoms with E-state index in [2.05, 4.69) is 22.6 Å². The molecular formula is C17H18INO3. The lowest BCUT2D eigenvalue weighted by Crippen LogP contribution is -2.27. The number of carbonyl (C=O) groups excluding carboxylic acids is 1. The molecule has 5 heteroatoms. The molecule has 0 unspecified atom stereocenters. The SMILES string of the molecule is COc1cc(I)c(C(=O)N(C)Cc2ccccc2)cc1OC. The molecule has 0 N–H and O–H groups in total. The topological polar surface area (TPSA) is 38.8 Å². The number of halogens is 1. The van der Waals surface area contributed by atoms with Gasteiger partial charge in [-0.15, -0.1) is 0 Å². The third-order valence-electron chi connectivity index (χ3n) is 3.31. The van der Waals surface area contributed by atoms with Crippen molar-refractivity contribution in [2.24, 2.45) is 0 Å². The van der Waals surface area contributed by atoms with Gasteiger partial charge in [0.1, 0.15) is 0 Å². The molecule has 2 aromatic carbocycles. The van der Waals surface area contributed by atoms with E-state index >= 15 is 0 Å². The lowest BCUT2D eigenvalue weighted by molar-refractivity contribution is 0.0783. The van der Waals surface area contributed by atoms with E-state index in [-0.39, 0.29) is 5.91 Å². The molecule has 2 aromatic rings. The fourth-order valence-corrected chi connectivity index (χ4v) is 2.82. The Kier molecular flexibility index (Phi) is 5.65. The number of benzene rings is 2. The second-order valence-corrected chi connectivity index (χ2v) is 6.00. The van der Waals surface area contributed by atoms with Crippen LogP contribution in [-0.4, -0.2) is 32.1 Å². The minimum atomic E-state index is -0.0470. The molecule has 0 saturated carbocycles. The van der Waals surface area contributed by atoms with Gasteiger partial charge in [-0.25, -0.2) is 0 Å². The Morgan fingerprint density at radius 3 is 2.27 bits per heavy atom. The summed E-state index contributed by atoms with van der Waals surface area (Å²) in [5, 5.41) is 0. The first-order chi connectivity index (χ1) is 10.6. The van der Waals surface area contributed by atoms with Gasteiger partial charge in [0.25, 0.3) is 5.91 Å². The number of hydrogen-bond donors (Lipinski definition) is 0. The minimum Gasteiger partial charge on any atom is -0.493 e. The van der Waals surface area contributed by atoms with Crippen molar-refractivity contribution in [1.29, 1.82) is 0 Å². The van der Waals surface area contributed by atoms with Crippen LogP contribution in [0.15, 0.2) is 42.5 Å². The molecule has 0 saturated heterocycles. The van der Waals surface area contributed by atoms with Gasteiger partial charge in [0.05, 0.1) is 19.8 Å². The normalized spacial score (nSPS) is 10.2. The van der Waals surface area contributed by atoms with Crippen LogP contribution in [0.4, 0.5) is 0 Å². The second kappa shape index (κ2) is 7.49. The van der Waals surface area contributed by atoms with Gasteiger partial charge in [0.2, 0.25) is 0 Å². The van der Waals surface area contributed by atoms with Crippen LogP contribution in [0.2, 0.25) is 0 Å². The highest BCUT2D eigenvalue weighted by Crippen LogP contribution is 2.31. The number of nitrogens with zero attached hydrogens (tertiary/aromatic N) is 1. The Balaban J connectivity index is 2.25. The molecule has 0 bridgehead atoms. The standard InChI is InChI=1S/C17H18INO3/c1-19(11-12-7-5-4-6-8-12)17(20)13-9-15(21-2)16(22-3)10-14(13)18/h4-10H,11H2,1-3H3. The maximum atomic E-state index is 12.7. The molecule has 0 atom stereocenters. The molecule has 0 heterocycles. The van der Waals surface area contributed by atoms with Gasteiger partial charge in [-0.05, 0) is 40.3 Å². The van der Waals surface area contributed by atoms with E-state index < -0.39 is 0 Å². The van der Waals surface area contributed by atoms with Crippen molar-refractivity contribution in [2.75, 3.05) is 21.3 Å². The van der Waals surface area contributed by atoms with Gasteiger partial charge in [0, 0.05) is 17.2 Å². The van der Waals surface area contributed by atoms with Crippen molar-refractivity contribution in [1.82, 2.24) is 4.90 Å². The van der Waals surface area contributed by atoms with Crippen molar-refractivity contribution >= 4 is 28.5 Å². The van der Waals surface area contributed by atoms with E-state index in [1.54, 1.807) is 32.2 Å². The zero-order valence-corrected chi connectivity index (χ0v) is 15.0. The average Bonchev–Trinajstić information content (AvgIpc) is 2.54. The Bertz CT molecular complexity index is 658. The average molecular weight is 411 g/mol. The summed E-state index contributed by atoms with van der Waals surface area (Å²) in [6.45, 7) is 0.560. The van der Waals surface area contributed by atoms with Crippen molar-refractivity contribution in [3.8, 4) is 11.5 Å². The maximum Gasteiger partial charge on any atom is 0.255 e. The van der Waals surface area contributed by atoms with E-state index in [9.17, 15) is 4.79 Å². The van der Waals surface area contributed by atoms with Crippen LogP contribution in [0.5, 0.6) is 11.5 Å². The van der Waals surface area contributed by atoms with Crippen LogP contribution < -0.4 is 9.47 Å². The monoisotopic (exact) mass is 411 g/mol.